The van der Waals surface area contributed by atoms with Gasteiger partial charge in [0.15, 0.2) is 5.78 Å². The molecule has 6 rings (SSSR count). The second-order valence-corrected chi connectivity index (χ2v) is 13.0. The van der Waals surface area contributed by atoms with Gasteiger partial charge in [-0.25, -0.2) is 0 Å². The molecule has 5 aromatic rings. The fourth-order valence-corrected chi connectivity index (χ4v) is 5.93. The van der Waals surface area contributed by atoms with Crippen molar-refractivity contribution in [2.45, 2.75) is 19.5 Å². The number of anilines is 1. The third-order valence-corrected chi connectivity index (χ3v) is 8.64. The molecule has 0 radical (unpaired) electrons. The van der Waals surface area contributed by atoms with Gasteiger partial charge in [-0.3, -0.25) is 19.4 Å². The molecular weight excluding hydrogens is 704 g/mol. The second-order valence-electron chi connectivity index (χ2n) is 10.7. The Balaban J connectivity index is 1.12. The highest BCUT2D eigenvalue weighted by Gasteiger charge is 2.27. The smallest absolute Gasteiger partial charge is 0.187 e. The number of pyridine rings is 1. The minimum absolute atomic E-state index is 0.0771. The summed E-state index contributed by atoms with van der Waals surface area (Å²) in [6, 6.07) is 23.7. The number of carbonyl (C=O) groups excluding carboxylic acids is 1. The fourth-order valence-electron chi connectivity index (χ4n) is 5.23. The van der Waals surface area contributed by atoms with Gasteiger partial charge < -0.3 is 5.32 Å². The Morgan fingerprint density at radius 3 is 2.20 bits per heavy atom. The second kappa shape index (κ2) is 14.0. The normalized spacial score (nSPS) is 15.8. The van der Waals surface area contributed by atoms with Crippen molar-refractivity contribution >= 4 is 78.0 Å². The zero-order valence-corrected chi connectivity index (χ0v) is 27.7. The van der Waals surface area contributed by atoms with Crippen LogP contribution in [-0.4, -0.2) is 50.3 Å². The molecule has 0 atom stereocenters. The van der Waals surface area contributed by atoms with Crippen LogP contribution in [0.3, 0.4) is 0 Å². The summed E-state index contributed by atoms with van der Waals surface area (Å²) < 4.78 is 3.89. The Kier molecular flexibility index (Phi) is 9.66. The first-order chi connectivity index (χ1) is 21.4. The van der Waals surface area contributed by atoms with Crippen LogP contribution < -0.4 is 5.32 Å². The molecule has 3 heterocycles. The number of carbonyl (C=O) groups is 1. The number of hydrogen-bond acceptors (Lipinski definition) is 6. The monoisotopic (exact) mass is 730 g/mol. The zero-order valence-electron chi connectivity index (χ0n) is 23.8. The highest BCUT2D eigenvalue weighted by molar-refractivity contribution is 9.10. The number of halogens is 3. The summed E-state index contributed by atoms with van der Waals surface area (Å²) in [5, 5.41) is 14.0. The van der Waals surface area contributed by atoms with Crippen molar-refractivity contribution in [1.82, 2.24) is 24.9 Å². The first kappa shape index (κ1) is 30.4. The number of nitrogens with zero attached hydrogens (tertiary/aromatic N) is 5. The lowest BCUT2D eigenvalue weighted by Crippen LogP contribution is -2.37. The minimum Gasteiger partial charge on any atom is -0.384 e. The first-order valence-electron chi connectivity index (χ1n) is 14.3. The summed E-state index contributed by atoms with van der Waals surface area (Å²) in [4.78, 5) is 20.2. The molecule has 1 saturated heterocycles. The van der Waals surface area contributed by atoms with E-state index >= 15 is 0 Å². The number of benzene rings is 3. The maximum atomic E-state index is 13.6. The molecule has 10 heteroatoms. The van der Waals surface area contributed by atoms with Crippen molar-refractivity contribution in [2.24, 2.45) is 0 Å². The molecule has 0 amide bonds. The van der Waals surface area contributed by atoms with Crippen LogP contribution in [0.15, 0.2) is 105 Å². The van der Waals surface area contributed by atoms with Crippen molar-refractivity contribution in [3.63, 3.8) is 0 Å². The van der Waals surface area contributed by atoms with E-state index < -0.39 is 0 Å². The van der Waals surface area contributed by atoms with Crippen LogP contribution >= 0.6 is 43.5 Å². The minimum atomic E-state index is 0.0771. The van der Waals surface area contributed by atoms with Gasteiger partial charge in [0.1, 0.15) is 0 Å². The van der Waals surface area contributed by atoms with E-state index in [1.165, 1.54) is 0 Å². The molecule has 0 spiro atoms. The summed E-state index contributed by atoms with van der Waals surface area (Å²) in [6.07, 6.45) is 8.63. The van der Waals surface area contributed by atoms with Crippen LogP contribution in [0.5, 0.6) is 0 Å². The molecule has 1 N–H and O–H groups in total. The molecule has 0 aliphatic carbocycles. The molecule has 0 unspecified atom stereocenters. The zero-order chi connectivity index (χ0) is 30.5. The van der Waals surface area contributed by atoms with Gasteiger partial charge in [-0.05, 0) is 78.2 Å². The number of ketones is 1. The Labute approximate surface area is 277 Å². The molecule has 44 heavy (non-hydrogen) atoms. The molecule has 0 saturated carbocycles. The molecule has 1 aliphatic heterocycles. The number of fused-ring (bicyclic) bond motifs is 1. The molecule has 2 aromatic heterocycles. The Bertz CT molecular complexity index is 1780. The average molecular weight is 733 g/mol. The summed E-state index contributed by atoms with van der Waals surface area (Å²) in [5.41, 5.74) is 6.26. The number of Topliss-reactive ketones (excluding diaryl/α,β-unsaturated/α-hetero) is 1. The molecule has 7 nitrogen and oxygen atoms in total. The third kappa shape index (κ3) is 7.71. The Morgan fingerprint density at radius 2 is 1.55 bits per heavy atom. The summed E-state index contributed by atoms with van der Waals surface area (Å²) in [7, 11) is 0. The van der Waals surface area contributed by atoms with Gasteiger partial charge in [0.25, 0.3) is 0 Å². The van der Waals surface area contributed by atoms with Gasteiger partial charge in [0.05, 0.1) is 11.2 Å². The Morgan fingerprint density at radius 1 is 0.886 bits per heavy atom. The van der Waals surface area contributed by atoms with Crippen LogP contribution in [0.1, 0.15) is 23.2 Å². The maximum Gasteiger partial charge on any atom is 0.187 e. The van der Waals surface area contributed by atoms with Crippen LogP contribution in [0.25, 0.3) is 23.1 Å². The largest absolute Gasteiger partial charge is 0.384 e. The first-order valence-corrected chi connectivity index (χ1v) is 16.2. The maximum absolute atomic E-state index is 13.6. The van der Waals surface area contributed by atoms with E-state index in [2.05, 4.69) is 57.4 Å². The lowest BCUT2D eigenvalue weighted by atomic mass is 9.94. The van der Waals surface area contributed by atoms with Crippen molar-refractivity contribution in [1.29, 1.82) is 0 Å². The van der Waals surface area contributed by atoms with Gasteiger partial charge in [0, 0.05) is 81.3 Å². The molecule has 1 fully saturated rings. The number of nitrogens with one attached hydrogen (secondary N) is 1. The van der Waals surface area contributed by atoms with Gasteiger partial charge >= 0.3 is 0 Å². The molecule has 222 valence electrons. The van der Waals surface area contributed by atoms with E-state index in [1.54, 1.807) is 6.20 Å². The van der Waals surface area contributed by atoms with E-state index in [0.29, 0.717) is 24.7 Å². The molecular formula is C34H29Br2ClN6O. The van der Waals surface area contributed by atoms with E-state index in [4.69, 9.17) is 11.6 Å². The standard InChI is InChI=1S/C34H29Br2ClN6O/c35-27-6-2-23(3-7-27)16-25-19-42(20-26(34(25)44)17-24-4-8-28(36)9-5-24)21-30-22-43(41-40-30)15-1-13-38-32-12-14-39-33-18-29(37)10-11-31(32)33/h2-12,14,16-18,22H,1,13,15,19-21H2,(H,38,39)/b25-16+,26-17+. The number of rotatable bonds is 9. The van der Waals surface area contributed by atoms with Crippen LogP contribution in [0.2, 0.25) is 5.02 Å². The van der Waals surface area contributed by atoms with Gasteiger partial charge in [0.2, 0.25) is 0 Å². The predicted octanol–water partition coefficient (Wildman–Crippen LogP) is 8.06. The molecule has 0 bridgehead atoms. The van der Waals surface area contributed by atoms with Crippen LogP contribution in [0.4, 0.5) is 5.69 Å². The third-order valence-electron chi connectivity index (χ3n) is 7.35. The van der Waals surface area contributed by atoms with Crippen LogP contribution in [0, 0.1) is 0 Å². The van der Waals surface area contributed by atoms with E-state index in [-0.39, 0.29) is 5.78 Å². The quantitative estimate of drug-likeness (QED) is 0.122. The van der Waals surface area contributed by atoms with E-state index in [0.717, 1.165) is 73.0 Å². The lowest BCUT2D eigenvalue weighted by molar-refractivity contribution is -0.113. The number of hydrogen-bond donors (Lipinski definition) is 1. The molecule has 3 aromatic carbocycles. The molecule has 1 aliphatic rings. The topological polar surface area (TPSA) is 75.9 Å². The predicted molar refractivity (Wildman–Crippen MR) is 184 cm³/mol. The van der Waals surface area contributed by atoms with Crippen molar-refractivity contribution in [2.75, 3.05) is 25.0 Å². The number of aromatic nitrogens is 4. The summed E-state index contributed by atoms with van der Waals surface area (Å²) >= 11 is 13.1. The highest BCUT2D eigenvalue weighted by Crippen LogP contribution is 2.26. The van der Waals surface area contributed by atoms with Gasteiger partial charge in [-0.2, -0.15) is 0 Å². The van der Waals surface area contributed by atoms with Crippen LogP contribution in [-0.2, 0) is 17.9 Å². The van der Waals surface area contributed by atoms with E-state index in [1.807, 2.05) is 95.8 Å². The van der Waals surface area contributed by atoms with Gasteiger partial charge in [-0.15, -0.1) is 5.10 Å². The Hall–Kier alpha value is -3.63. The summed E-state index contributed by atoms with van der Waals surface area (Å²) in [5.74, 6) is 0.0771. The van der Waals surface area contributed by atoms with Crippen molar-refractivity contribution in [3.8, 4) is 0 Å². The number of piperidine rings is 1. The average Bonchev–Trinajstić information content (AvgIpc) is 3.46. The van der Waals surface area contributed by atoms with Crippen molar-refractivity contribution in [3.05, 3.63) is 127 Å². The van der Waals surface area contributed by atoms with Crippen molar-refractivity contribution < 1.29 is 4.79 Å². The van der Waals surface area contributed by atoms with Gasteiger partial charge in [-0.1, -0.05) is 72.9 Å². The number of likely N-dealkylation sites (tertiary alicyclic amines) is 1. The number of aryl methyl sites for hydroxylation is 1. The SMILES string of the molecule is O=C1/C(=C/c2ccc(Br)cc2)CN(Cc2cn(CCCNc3ccnc4cc(Cl)ccc34)nn2)C/C1=C\c1ccc(Br)cc1. The highest BCUT2D eigenvalue weighted by atomic mass is 79.9. The van der Waals surface area contributed by atoms with E-state index in [9.17, 15) is 4.79 Å². The fraction of sp³-hybridized carbons (Fsp3) is 0.176. The lowest BCUT2D eigenvalue weighted by Gasteiger charge is -2.29. The summed E-state index contributed by atoms with van der Waals surface area (Å²) in [6.45, 7) is 3.17.